The van der Waals surface area contributed by atoms with E-state index in [9.17, 15) is 19.2 Å². The van der Waals surface area contributed by atoms with Gasteiger partial charge in [0.1, 0.15) is 6.54 Å². The minimum Gasteiger partial charge on any atom is -0.464 e. The Hall–Kier alpha value is -2.61. The van der Waals surface area contributed by atoms with E-state index in [1.807, 2.05) is 13.8 Å². The summed E-state index contributed by atoms with van der Waals surface area (Å²) >= 11 is 0.779. The number of thioether (sulfide) groups is 1. The summed E-state index contributed by atoms with van der Waals surface area (Å²) in [4.78, 5) is 48.2. The lowest BCUT2D eigenvalue weighted by atomic mass is 10.2. The third-order valence-electron chi connectivity index (χ3n) is 3.27. The Labute approximate surface area is 155 Å². The molecule has 1 aromatic rings. The first-order chi connectivity index (χ1) is 12.3. The number of rotatable bonds is 6. The highest BCUT2D eigenvalue weighted by Crippen LogP contribution is 2.32. The smallest absolute Gasteiger partial charge is 0.326 e. The summed E-state index contributed by atoms with van der Waals surface area (Å²) in [5.41, 5.74) is 1.34. The van der Waals surface area contributed by atoms with E-state index in [0.29, 0.717) is 11.3 Å². The number of esters is 1. The average molecular weight is 376 g/mol. The zero-order chi connectivity index (χ0) is 19.3. The van der Waals surface area contributed by atoms with Gasteiger partial charge in [-0.25, -0.2) is 0 Å². The standard InChI is InChI=1S/C18H20N2O5S/c1-11(2)10-25-16(22)9-20-17(23)15(26-18(20)24)8-13-4-6-14(7-5-13)19-12(3)21/h4-8,11H,9-10H2,1-3H3,(H,19,21)/b15-8-. The van der Waals surface area contributed by atoms with Crippen molar-refractivity contribution in [2.24, 2.45) is 5.92 Å². The van der Waals surface area contributed by atoms with E-state index < -0.39 is 23.7 Å². The molecule has 1 aliphatic heterocycles. The monoisotopic (exact) mass is 376 g/mol. The number of hydrogen-bond acceptors (Lipinski definition) is 6. The number of hydrogen-bond donors (Lipinski definition) is 1. The Kier molecular flexibility index (Phi) is 6.57. The lowest BCUT2D eigenvalue weighted by Crippen LogP contribution is -2.34. The Morgan fingerprint density at radius 1 is 1.23 bits per heavy atom. The Balaban J connectivity index is 2.04. The molecule has 0 radical (unpaired) electrons. The number of carbonyl (C=O) groups excluding carboxylic acids is 4. The molecule has 0 saturated carbocycles. The van der Waals surface area contributed by atoms with Crippen molar-refractivity contribution in [3.63, 3.8) is 0 Å². The predicted octanol–water partition coefficient (Wildman–Crippen LogP) is 2.88. The topological polar surface area (TPSA) is 92.8 Å². The highest BCUT2D eigenvalue weighted by atomic mass is 32.2. The van der Waals surface area contributed by atoms with Crippen LogP contribution in [0.15, 0.2) is 29.2 Å². The molecule has 1 aromatic carbocycles. The second-order valence-corrected chi connectivity index (χ2v) is 7.14. The molecule has 1 fully saturated rings. The van der Waals surface area contributed by atoms with Crippen LogP contribution in [0.25, 0.3) is 6.08 Å². The molecule has 26 heavy (non-hydrogen) atoms. The summed E-state index contributed by atoms with van der Waals surface area (Å²) in [6.45, 7) is 5.05. The minimum absolute atomic E-state index is 0.175. The highest BCUT2D eigenvalue weighted by molar-refractivity contribution is 8.18. The van der Waals surface area contributed by atoms with E-state index in [-0.39, 0.29) is 23.3 Å². The molecule has 0 bridgehead atoms. The van der Waals surface area contributed by atoms with E-state index in [0.717, 1.165) is 16.7 Å². The van der Waals surface area contributed by atoms with E-state index in [1.165, 1.54) is 6.92 Å². The number of nitrogens with one attached hydrogen (secondary N) is 1. The predicted molar refractivity (Wildman–Crippen MR) is 99.2 cm³/mol. The number of imide groups is 1. The molecular formula is C18H20N2O5S. The molecule has 1 heterocycles. The van der Waals surface area contributed by atoms with Crippen LogP contribution >= 0.6 is 11.8 Å². The molecule has 1 saturated heterocycles. The van der Waals surface area contributed by atoms with E-state index in [2.05, 4.69) is 5.32 Å². The number of carbonyl (C=O) groups is 4. The number of anilines is 1. The summed E-state index contributed by atoms with van der Waals surface area (Å²) < 4.78 is 5.01. The van der Waals surface area contributed by atoms with Gasteiger partial charge >= 0.3 is 5.97 Å². The van der Waals surface area contributed by atoms with Crippen molar-refractivity contribution < 1.29 is 23.9 Å². The van der Waals surface area contributed by atoms with Crippen LogP contribution in [0.3, 0.4) is 0 Å². The average Bonchev–Trinajstić information content (AvgIpc) is 2.82. The third-order valence-corrected chi connectivity index (χ3v) is 4.17. The molecular weight excluding hydrogens is 356 g/mol. The first-order valence-corrected chi connectivity index (χ1v) is 8.86. The fourth-order valence-electron chi connectivity index (χ4n) is 2.09. The molecule has 0 atom stereocenters. The maximum absolute atomic E-state index is 12.4. The van der Waals surface area contributed by atoms with Gasteiger partial charge in [0.15, 0.2) is 0 Å². The maximum atomic E-state index is 12.4. The fraction of sp³-hybridized carbons (Fsp3) is 0.333. The van der Waals surface area contributed by atoms with Crippen LogP contribution in [0, 0.1) is 5.92 Å². The van der Waals surface area contributed by atoms with Crippen molar-refractivity contribution in [3.8, 4) is 0 Å². The number of nitrogens with zero attached hydrogens (tertiary/aromatic N) is 1. The van der Waals surface area contributed by atoms with Gasteiger partial charge in [-0.05, 0) is 41.5 Å². The van der Waals surface area contributed by atoms with Crippen molar-refractivity contribution in [2.75, 3.05) is 18.5 Å². The lowest BCUT2D eigenvalue weighted by molar-refractivity contribution is -0.147. The van der Waals surface area contributed by atoms with Crippen LogP contribution in [0.1, 0.15) is 26.3 Å². The quantitative estimate of drug-likeness (QED) is 0.606. The van der Waals surface area contributed by atoms with Gasteiger partial charge in [0.2, 0.25) is 5.91 Å². The minimum atomic E-state index is -0.609. The van der Waals surface area contributed by atoms with Crippen LogP contribution in [-0.4, -0.2) is 41.1 Å². The molecule has 7 nitrogen and oxygen atoms in total. The molecule has 8 heteroatoms. The van der Waals surface area contributed by atoms with Crippen LogP contribution in [0.4, 0.5) is 10.5 Å². The Bertz CT molecular complexity index is 755. The highest BCUT2D eigenvalue weighted by Gasteiger charge is 2.36. The van der Waals surface area contributed by atoms with Crippen molar-refractivity contribution in [1.82, 2.24) is 4.90 Å². The van der Waals surface area contributed by atoms with Gasteiger partial charge < -0.3 is 10.1 Å². The molecule has 0 spiro atoms. The molecule has 138 valence electrons. The van der Waals surface area contributed by atoms with Crippen molar-refractivity contribution in [3.05, 3.63) is 34.7 Å². The van der Waals surface area contributed by atoms with E-state index in [1.54, 1.807) is 30.3 Å². The van der Waals surface area contributed by atoms with Gasteiger partial charge in [0.05, 0.1) is 11.5 Å². The summed E-state index contributed by atoms with van der Waals surface area (Å²) in [5.74, 6) is -1.13. The van der Waals surface area contributed by atoms with Crippen molar-refractivity contribution >= 4 is 46.5 Å². The van der Waals surface area contributed by atoms with Gasteiger partial charge in [-0.2, -0.15) is 0 Å². The zero-order valence-electron chi connectivity index (χ0n) is 14.8. The van der Waals surface area contributed by atoms with Gasteiger partial charge in [-0.15, -0.1) is 0 Å². The number of benzene rings is 1. The fourth-order valence-corrected chi connectivity index (χ4v) is 2.93. The summed E-state index contributed by atoms with van der Waals surface area (Å²) in [5, 5.41) is 2.14. The zero-order valence-corrected chi connectivity index (χ0v) is 15.6. The first-order valence-electron chi connectivity index (χ1n) is 8.05. The largest absolute Gasteiger partial charge is 0.464 e. The number of amides is 3. The van der Waals surface area contributed by atoms with Gasteiger partial charge in [0.25, 0.3) is 11.1 Å². The molecule has 0 aliphatic carbocycles. The Morgan fingerprint density at radius 3 is 2.46 bits per heavy atom. The van der Waals surface area contributed by atoms with E-state index >= 15 is 0 Å². The second-order valence-electron chi connectivity index (χ2n) is 6.15. The molecule has 1 N–H and O–H groups in total. The summed E-state index contributed by atoms with van der Waals surface area (Å²) in [7, 11) is 0. The molecule has 0 aromatic heterocycles. The van der Waals surface area contributed by atoms with E-state index in [4.69, 9.17) is 4.74 Å². The van der Waals surface area contributed by atoms with Crippen LogP contribution in [0.2, 0.25) is 0 Å². The van der Waals surface area contributed by atoms with Gasteiger partial charge in [0, 0.05) is 12.6 Å². The molecule has 2 rings (SSSR count). The molecule has 1 aliphatic rings. The second kappa shape index (κ2) is 8.66. The maximum Gasteiger partial charge on any atom is 0.326 e. The van der Waals surface area contributed by atoms with Gasteiger partial charge in [-0.1, -0.05) is 26.0 Å². The van der Waals surface area contributed by atoms with Crippen LogP contribution < -0.4 is 5.32 Å². The first kappa shape index (κ1) is 19.7. The summed E-state index contributed by atoms with van der Waals surface area (Å²) in [6.07, 6.45) is 1.57. The Morgan fingerprint density at radius 2 is 1.88 bits per heavy atom. The molecule has 0 unspecified atom stereocenters. The SMILES string of the molecule is CC(=O)Nc1ccc(/C=C2\SC(=O)N(CC(=O)OCC(C)C)C2=O)cc1. The third kappa shape index (κ3) is 5.45. The summed E-state index contributed by atoms with van der Waals surface area (Å²) in [6, 6.07) is 6.83. The normalized spacial score (nSPS) is 15.7. The van der Waals surface area contributed by atoms with Crippen LogP contribution in [-0.2, 0) is 19.1 Å². The van der Waals surface area contributed by atoms with Gasteiger partial charge in [-0.3, -0.25) is 24.1 Å². The van der Waals surface area contributed by atoms with Crippen molar-refractivity contribution in [2.45, 2.75) is 20.8 Å². The lowest BCUT2D eigenvalue weighted by Gasteiger charge is -2.12. The van der Waals surface area contributed by atoms with Crippen molar-refractivity contribution in [1.29, 1.82) is 0 Å². The van der Waals surface area contributed by atoms with Crippen LogP contribution in [0.5, 0.6) is 0 Å². The molecule has 3 amide bonds. The number of ether oxygens (including phenoxy) is 1.